The summed E-state index contributed by atoms with van der Waals surface area (Å²) in [5, 5.41) is 3.85. The molecule has 1 aromatic heterocycles. The number of carbonyl (C=O) groups excluding carboxylic acids is 1. The van der Waals surface area contributed by atoms with E-state index >= 15 is 0 Å². The molecule has 1 rings (SSSR count). The number of nitrogens with zero attached hydrogens (tertiary/aromatic N) is 2. The molecule has 0 radical (unpaired) electrons. The second kappa shape index (κ2) is 3.57. The van der Waals surface area contributed by atoms with Crippen LogP contribution in [0.4, 0.5) is 5.69 Å². The Morgan fingerprint density at radius 2 is 2.38 bits per heavy atom. The molecule has 1 atom stereocenters. The van der Waals surface area contributed by atoms with Crippen LogP contribution in [-0.2, 0) is 0 Å². The van der Waals surface area contributed by atoms with Crippen LogP contribution in [0.3, 0.4) is 0 Å². The largest absolute Gasteiger partial charge is 0.396 e. The predicted molar refractivity (Wildman–Crippen MR) is 50.3 cm³/mol. The first-order chi connectivity index (χ1) is 6.02. The topological polar surface area (TPSA) is 86.9 Å². The van der Waals surface area contributed by atoms with E-state index in [1.165, 1.54) is 10.9 Å². The fraction of sp³-hybridized carbons (Fsp3) is 0.500. The monoisotopic (exact) mass is 182 g/mol. The first-order valence-corrected chi connectivity index (χ1v) is 4.11. The Morgan fingerprint density at radius 1 is 1.77 bits per heavy atom. The maximum atomic E-state index is 11.5. The van der Waals surface area contributed by atoms with Gasteiger partial charge in [-0.05, 0) is 13.8 Å². The normalized spacial score (nSPS) is 12.8. The molecular formula is C8H14N4O. The standard InChI is InChI=1S/C8H14N4O/c1-5(9)3-8(13)12-6(2)7(10)4-11-12/h4-5H,3,9-10H2,1-2H3. The zero-order valence-corrected chi connectivity index (χ0v) is 7.82. The smallest absolute Gasteiger partial charge is 0.248 e. The molecule has 0 aromatic carbocycles. The molecule has 0 aliphatic carbocycles. The van der Waals surface area contributed by atoms with Crippen LogP contribution in [0.25, 0.3) is 0 Å². The van der Waals surface area contributed by atoms with E-state index < -0.39 is 0 Å². The average Bonchev–Trinajstić information content (AvgIpc) is 2.31. The van der Waals surface area contributed by atoms with E-state index in [1.807, 2.05) is 0 Å². The lowest BCUT2D eigenvalue weighted by Crippen LogP contribution is -2.24. The van der Waals surface area contributed by atoms with Gasteiger partial charge in [0.1, 0.15) is 0 Å². The summed E-state index contributed by atoms with van der Waals surface area (Å²) in [6.45, 7) is 3.53. The highest BCUT2D eigenvalue weighted by molar-refractivity contribution is 5.80. The molecular weight excluding hydrogens is 168 g/mol. The lowest BCUT2D eigenvalue weighted by atomic mass is 10.2. The number of hydrogen-bond donors (Lipinski definition) is 2. The molecule has 0 spiro atoms. The first kappa shape index (κ1) is 9.73. The summed E-state index contributed by atoms with van der Waals surface area (Å²) in [6.07, 6.45) is 1.75. The Balaban J connectivity index is 2.83. The Bertz CT molecular complexity index is 316. The van der Waals surface area contributed by atoms with Crippen LogP contribution >= 0.6 is 0 Å². The van der Waals surface area contributed by atoms with E-state index in [0.717, 1.165) is 0 Å². The lowest BCUT2D eigenvalue weighted by molar-refractivity contribution is 0.0878. The van der Waals surface area contributed by atoms with Gasteiger partial charge in [-0.25, -0.2) is 4.68 Å². The predicted octanol–water partition coefficient (Wildman–Crippen LogP) is 0.151. The first-order valence-electron chi connectivity index (χ1n) is 4.11. The number of carbonyl (C=O) groups is 1. The van der Waals surface area contributed by atoms with Gasteiger partial charge in [0.25, 0.3) is 0 Å². The second-order valence-corrected chi connectivity index (χ2v) is 3.17. The van der Waals surface area contributed by atoms with Crippen molar-refractivity contribution in [1.29, 1.82) is 0 Å². The minimum absolute atomic E-state index is 0.121. The third-order valence-electron chi connectivity index (χ3n) is 1.78. The van der Waals surface area contributed by atoms with Crippen LogP contribution in [0.1, 0.15) is 23.8 Å². The van der Waals surface area contributed by atoms with Crippen molar-refractivity contribution in [2.75, 3.05) is 5.73 Å². The van der Waals surface area contributed by atoms with Crippen molar-refractivity contribution < 1.29 is 4.79 Å². The van der Waals surface area contributed by atoms with E-state index in [9.17, 15) is 4.79 Å². The maximum Gasteiger partial charge on any atom is 0.248 e. The van der Waals surface area contributed by atoms with Gasteiger partial charge in [0, 0.05) is 12.5 Å². The number of hydrogen-bond acceptors (Lipinski definition) is 4. The third kappa shape index (κ3) is 2.06. The average molecular weight is 182 g/mol. The third-order valence-corrected chi connectivity index (χ3v) is 1.78. The zero-order valence-electron chi connectivity index (χ0n) is 7.82. The Labute approximate surface area is 76.7 Å². The van der Waals surface area contributed by atoms with Gasteiger partial charge in [-0.3, -0.25) is 4.79 Å². The van der Waals surface area contributed by atoms with E-state index in [-0.39, 0.29) is 18.4 Å². The number of nitrogen functional groups attached to an aromatic ring is 1. The molecule has 0 amide bonds. The molecule has 0 saturated carbocycles. The summed E-state index contributed by atoms with van der Waals surface area (Å²) in [6, 6.07) is -0.155. The van der Waals surface area contributed by atoms with Gasteiger partial charge in [0.15, 0.2) is 0 Å². The molecule has 4 N–H and O–H groups in total. The summed E-state index contributed by atoms with van der Waals surface area (Å²) < 4.78 is 1.29. The van der Waals surface area contributed by atoms with Crippen LogP contribution in [0.5, 0.6) is 0 Å². The highest BCUT2D eigenvalue weighted by Gasteiger charge is 2.12. The van der Waals surface area contributed by atoms with Crippen molar-refractivity contribution in [2.24, 2.45) is 5.73 Å². The summed E-state index contributed by atoms with van der Waals surface area (Å²) in [5.41, 5.74) is 12.2. The van der Waals surface area contributed by atoms with Crippen molar-refractivity contribution in [2.45, 2.75) is 26.3 Å². The molecule has 1 unspecified atom stereocenters. The van der Waals surface area contributed by atoms with Crippen LogP contribution in [-0.4, -0.2) is 21.7 Å². The summed E-state index contributed by atoms with van der Waals surface area (Å²) in [7, 11) is 0. The molecule has 0 saturated heterocycles. The van der Waals surface area contributed by atoms with Crippen molar-refractivity contribution in [3.63, 3.8) is 0 Å². The minimum atomic E-state index is -0.155. The number of anilines is 1. The molecule has 1 heterocycles. The van der Waals surface area contributed by atoms with Gasteiger partial charge in [0.2, 0.25) is 5.91 Å². The van der Waals surface area contributed by atoms with Crippen molar-refractivity contribution in [1.82, 2.24) is 9.78 Å². The lowest BCUT2D eigenvalue weighted by Gasteiger charge is -2.05. The van der Waals surface area contributed by atoms with Crippen LogP contribution < -0.4 is 11.5 Å². The van der Waals surface area contributed by atoms with E-state index in [0.29, 0.717) is 11.4 Å². The molecule has 0 aliphatic rings. The van der Waals surface area contributed by atoms with Gasteiger partial charge >= 0.3 is 0 Å². The SMILES string of the molecule is Cc1c(N)cnn1C(=O)CC(C)N. The Hall–Kier alpha value is -1.36. The Kier molecular flexibility index (Phi) is 2.67. The fourth-order valence-corrected chi connectivity index (χ4v) is 1.04. The maximum absolute atomic E-state index is 11.5. The van der Waals surface area contributed by atoms with Gasteiger partial charge in [-0.2, -0.15) is 5.10 Å². The Morgan fingerprint density at radius 3 is 2.77 bits per heavy atom. The number of nitrogens with two attached hydrogens (primary N) is 2. The van der Waals surface area contributed by atoms with E-state index in [4.69, 9.17) is 11.5 Å². The second-order valence-electron chi connectivity index (χ2n) is 3.17. The number of rotatable bonds is 2. The van der Waals surface area contributed by atoms with Crippen LogP contribution in [0.15, 0.2) is 6.20 Å². The molecule has 5 nitrogen and oxygen atoms in total. The fourth-order valence-electron chi connectivity index (χ4n) is 1.04. The summed E-state index contributed by atoms with van der Waals surface area (Å²) >= 11 is 0. The quantitative estimate of drug-likeness (QED) is 0.681. The van der Waals surface area contributed by atoms with E-state index in [1.54, 1.807) is 13.8 Å². The van der Waals surface area contributed by atoms with Crippen LogP contribution in [0.2, 0.25) is 0 Å². The summed E-state index contributed by atoms with van der Waals surface area (Å²) in [4.78, 5) is 11.5. The van der Waals surface area contributed by atoms with Gasteiger partial charge < -0.3 is 11.5 Å². The molecule has 72 valence electrons. The van der Waals surface area contributed by atoms with Gasteiger partial charge in [-0.1, -0.05) is 0 Å². The molecule has 0 aliphatic heterocycles. The molecule has 0 bridgehead atoms. The van der Waals surface area contributed by atoms with Crippen molar-refractivity contribution in [3.05, 3.63) is 11.9 Å². The van der Waals surface area contributed by atoms with Gasteiger partial charge in [-0.15, -0.1) is 0 Å². The molecule has 13 heavy (non-hydrogen) atoms. The summed E-state index contributed by atoms with van der Waals surface area (Å²) in [5.74, 6) is -0.121. The van der Waals surface area contributed by atoms with Crippen LogP contribution in [0, 0.1) is 6.92 Å². The zero-order chi connectivity index (χ0) is 10.0. The van der Waals surface area contributed by atoms with E-state index in [2.05, 4.69) is 5.10 Å². The van der Waals surface area contributed by atoms with Crippen molar-refractivity contribution in [3.8, 4) is 0 Å². The van der Waals surface area contributed by atoms with Crippen molar-refractivity contribution >= 4 is 11.6 Å². The highest BCUT2D eigenvalue weighted by atomic mass is 16.2. The highest BCUT2D eigenvalue weighted by Crippen LogP contribution is 2.09. The molecule has 0 fully saturated rings. The van der Waals surface area contributed by atoms with Gasteiger partial charge in [0.05, 0.1) is 17.6 Å². The molecule has 5 heteroatoms. The number of aromatic nitrogens is 2. The molecule has 1 aromatic rings. The minimum Gasteiger partial charge on any atom is -0.396 e.